The van der Waals surface area contributed by atoms with Crippen molar-refractivity contribution >= 4 is 46.4 Å². The van der Waals surface area contributed by atoms with Gasteiger partial charge in [-0.15, -0.1) is 34.8 Å². The third kappa shape index (κ3) is 1.02. The first-order chi connectivity index (χ1) is 9.45. The molecule has 0 N–H and O–H groups in total. The van der Waals surface area contributed by atoms with Gasteiger partial charge < -0.3 is 0 Å². The van der Waals surface area contributed by atoms with E-state index in [1.54, 1.807) is 0 Å². The van der Waals surface area contributed by atoms with Gasteiger partial charge in [-0.3, -0.25) is 0 Å². The van der Waals surface area contributed by atoms with Crippen molar-refractivity contribution in [3.63, 3.8) is 0 Å². The normalized spacial score (nSPS) is 60.2. The number of hydrogen-bond acceptors (Lipinski definition) is 0. The van der Waals surface area contributed by atoms with Gasteiger partial charge in [-0.25, -0.2) is 0 Å². The molecule has 6 aliphatic rings. The smallest absolute Gasteiger partial charge is 0.117 e. The van der Waals surface area contributed by atoms with E-state index < -0.39 is 4.33 Å². The molecule has 5 saturated carbocycles. The summed E-state index contributed by atoms with van der Waals surface area (Å²) < 4.78 is -0.451. The first-order valence-electron chi connectivity index (χ1n) is 7.84. The summed E-state index contributed by atoms with van der Waals surface area (Å²) in [5, 5.41) is 0.941. The van der Waals surface area contributed by atoms with E-state index in [1.807, 2.05) is 0 Å². The average molecular weight is 350 g/mol. The number of rotatable bonds is 0. The lowest BCUT2D eigenvalue weighted by atomic mass is 9.72. The summed E-state index contributed by atoms with van der Waals surface area (Å²) in [4.78, 5) is 0. The Morgan fingerprint density at radius 2 is 1.60 bits per heavy atom. The Bertz CT molecular complexity index is 571. The molecule has 108 valence electrons. The summed E-state index contributed by atoms with van der Waals surface area (Å²) in [6, 6.07) is 0. The Hall–Kier alpha value is 0.900. The molecule has 2 bridgehead atoms. The molecule has 6 aliphatic carbocycles. The van der Waals surface area contributed by atoms with Crippen LogP contribution in [0.25, 0.3) is 0 Å². The number of hydrogen-bond donors (Lipinski definition) is 0. The van der Waals surface area contributed by atoms with E-state index in [0.29, 0.717) is 40.4 Å². The lowest BCUT2D eigenvalue weighted by Gasteiger charge is -2.36. The molecule has 0 aromatic heterocycles. The van der Waals surface area contributed by atoms with Crippen LogP contribution in [0.3, 0.4) is 0 Å². The zero-order chi connectivity index (χ0) is 13.7. The van der Waals surface area contributed by atoms with Crippen molar-refractivity contribution in [1.29, 1.82) is 0 Å². The van der Waals surface area contributed by atoms with Crippen molar-refractivity contribution in [1.82, 2.24) is 0 Å². The molecule has 2 spiro atoms. The molecule has 0 aliphatic heterocycles. The zero-order valence-corrected chi connectivity index (χ0v) is 14.0. The van der Waals surface area contributed by atoms with Gasteiger partial charge in [-0.1, -0.05) is 17.7 Å². The minimum absolute atomic E-state index is 0.0421. The van der Waals surface area contributed by atoms with E-state index in [9.17, 15) is 0 Å². The second-order valence-corrected chi connectivity index (χ2v) is 10.6. The number of alkyl halides is 3. The van der Waals surface area contributed by atoms with Crippen molar-refractivity contribution in [2.45, 2.75) is 35.4 Å². The predicted molar refractivity (Wildman–Crippen MR) is 82.3 cm³/mol. The van der Waals surface area contributed by atoms with Crippen LogP contribution in [-0.2, 0) is 0 Å². The SMILES string of the molecule is ClC1=C[C@H]2[C@@H]3[C@@H]4[C@@H](C4(Cl)Cl)C4(CC4)[C@H]3[C@@H]([C@H]1Cl)C21CC1. The monoisotopic (exact) mass is 348 g/mol. The van der Waals surface area contributed by atoms with E-state index in [4.69, 9.17) is 46.4 Å². The van der Waals surface area contributed by atoms with E-state index >= 15 is 0 Å². The molecular formula is C16H16Cl4. The second-order valence-electron chi connectivity index (χ2n) is 8.25. The molecule has 4 heteroatoms. The molecule has 5 fully saturated rings. The Morgan fingerprint density at radius 1 is 0.950 bits per heavy atom. The summed E-state index contributed by atoms with van der Waals surface area (Å²) in [7, 11) is 0. The van der Waals surface area contributed by atoms with Gasteiger partial charge in [-0.05, 0) is 60.2 Å². The van der Waals surface area contributed by atoms with Gasteiger partial charge >= 0.3 is 0 Å². The maximum atomic E-state index is 6.77. The lowest BCUT2D eigenvalue weighted by Crippen LogP contribution is -2.35. The topological polar surface area (TPSA) is 0 Å². The van der Waals surface area contributed by atoms with Crippen LogP contribution in [0, 0.1) is 46.3 Å². The molecule has 0 unspecified atom stereocenters. The summed E-state index contributed by atoms with van der Waals surface area (Å²) >= 11 is 26.6. The standard InChI is InChI=1S/C16H16Cl4/c17-7-5-6-8-9(11(12(7)18)14(6)1-2-14)15(3-4-15)13-10(8)16(13,19)20/h5-6,8-13H,1-4H2/t6-,8-,9+,10+,11-,12-,13+/m0/s1. The van der Waals surface area contributed by atoms with E-state index in [-0.39, 0.29) is 5.38 Å². The molecule has 0 aromatic carbocycles. The second kappa shape index (κ2) is 3.10. The molecule has 0 amide bonds. The lowest BCUT2D eigenvalue weighted by molar-refractivity contribution is 0.182. The molecule has 0 aromatic rings. The van der Waals surface area contributed by atoms with E-state index in [2.05, 4.69) is 6.08 Å². The molecule has 0 nitrogen and oxygen atoms in total. The minimum Gasteiger partial charge on any atom is -0.117 e. The fourth-order valence-corrected chi connectivity index (χ4v) is 9.05. The third-order valence-corrected chi connectivity index (χ3v) is 9.88. The summed E-state index contributed by atoms with van der Waals surface area (Å²) in [5.74, 6) is 3.65. The Balaban J connectivity index is 1.56. The molecular weight excluding hydrogens is 334 g/mol. The Kier molecular flexibility index (Phi) is 1.91. The Morgan fingerprint density at radius 3 is 2.20 bits per heavy atom. The van der Waals surface area contributed by atoms with Gasteiger partial charge in [-0.2, -0.15) is 0 Å². The van der Waals surface area contributed by atoms with Gasteiger partial charge in [0.2, 0.25) is 0 Å². The molecule has 20 heavy (non-hydrogen) atoms. The highest BCUT2D eigenvalue weighted by Crippen LogP contribution is 2.92. The molecule has 0 radical (unpaired) electrons. The minimum atomic E-state index is -0.451. The number of fused-ring (bicyclic) bond motifs is 7. The van der Waals surface area contributed by atoms with Crippen molar-refractivity contribution in [2.75, 3.05) is 0 Å². The van der Waals surface area contributed by atoms with Crippen LogP contribution in [0.2, 0.25) is 0 Å². The van der Waals surface area contributed by atoms with Crippen LogP contribution >= 0.6 is 46.4 Å². The van der Waals surface area contributed by atoms with Crippen LogP contribution in [0.4, 0.5) is 0 Å². The summed E-state index contributed by atoms with van der Waals surface area (Å²) in [6.07, 6.45) is 7.61. The van der Waals surface area contributed by atoms with Crippen molar-refractivity contribution in [2.24, 2.45) is 46.3 Å². The van der Waals surface area contributed by atoms with Crippen molar-refractivity contribution in [3.05, 3.63) is 11.1 Å². The predicted octanol–water partition coefficient (Wildman–Crippen LogP) is 5.20. The van der Waals surface area contributed by atoms with Crippen LogP contribution in [0.15, 0.2) is 11.1 Å². The van der Waals surface area contributed by atoms with Crippen LogP contribution in [-0.4, -0.2) is 9.71 Å². The molecule has 0 heterocycles. The van der Waals surface area contributed by atoms with E-state index in [1.165, 1.54) is 25.7 Å². The van der Waals surface area contributed by atoms with Crippen molar-refractivity contribution in [3.8, 4) is 0 Å². The van der Waals surface area contributed by atoms with Gasteiger partial charge in [0.25, 0.3) is 0 Å². The molecule has 0 saturated heterocycles. The fourth-order valence-electron chi connectivity index (χ4n) is 7.18. The number of allylic oxidation sites excluding steroid dienone is 2. The maximum Gasteiger partial charge on any atom is 0.125 e. The average Bonchev–Trinajstić information content (AvgIpc) is 3.23. The van der Waals surface area contributed by atoms with E-state index in [0.717, 1.165) is 11.0 Å². The Labute approximate surface area is 139 Å². The molecule has 7 atom stereocenters. The largest absolute Gasteiger partial charge is 0.125 e. The fraction of sp³-hybridized carbons (Fsp3) is 0.875. The highest BCUT2D eigenvalue weighted by atomic mass is 35.5. The maximum absolute atomic E-state index is 6.77. The molecule has 6 rings (SSSR count). The third-order valence-electron chi connectivity index (χ3n) is 7.92. The van der Waals surface area contributed by atoms with Crippen LogP contribution in [0.1, 0.15) is 25.7 Å². The van der Waals surface area contributed by atoms with Crippen LogP contribution in [0.5, 0.6) is 0 Å². The highest BCUT2D eigenvalue weighted by molar-refractivity contribution is 6.51. The first-order valence-corrected chi connectivity index (χ1v) is 9.41. The summed E-state index contributed by atoms with van der Waals surface area (Å²) in [6.45, 7) is 0. The quantitative estimate of drug-likeness (QED) is 0.527. The summed E-state index contributed by atoms with van der Waals surface area (Å²) in [5.41, 5.74) is 0.892. The number of halogens is 4. The van der Waals surface area contributed by atoms with Gasteiger partial charge in [0.1, 0.15) is 4.33 Å². The zero-order valence-electron chi connectivity index (χ0n) is 11.0. The van der Waals surface area contributed by atoms with Gasteiger partial charge in [0, 0.05) is 16.9 Å². The first kappa shape index (κ1) is 12.3. The van der Waals surface area contributed by atoms with Crippen molar-refractivity contribution < 1.29 is 0 Å². The van der Waals surface area contributed by atoms with Crippen LogP contribution < -0.4 is 0 Å². The van der Waals surface area contributed by atoms with Gasteiger partial charge in [0.05, 0.1) is 5.38 Å². The van der Waals surface area contributed by atoms with Gasteiger partial charge in [0.15, 0.2) is 0 Å². The highest BCUT2D eigenvalue weighted by Gasteiger charge is 2.90.